The summed E-state index contributed by atoms with van der Waals surface area (Å²) in [6.45, 7) is 6.89. The van der Waals surface area contributed by atoms with Crippen molar-refractivity contribution < 1.29 is 4.79 Å². The third-order valence-electron chi connectivity index (χ3n) is 3.53. The Morgan fingerprint density at radius 1 is 1.25 bits per heavy atom. The molecule has 4 nitrogen and oxygen atoms in total. The van der Waals surface area contributed by atoms with Gasteiger partial charge in [0.1, 0.15) is 0 Å². The van der Waals surface area contributed by atoms with Gasteiger partial charge in [-0.1, -0.05) is 30.1 Å². The average Bonchev–Trinajstić information content (AvgIpc) is 2.48. The Morgan fingerprint density at radius 2 is 1.95 bits per heavy atom. The molecule has 0 aromatic heterocycles. The van der Waals surface area contributed by atoms with E-state index in [1.54, 1.807) is 18.2 Å². The summed E-state index contributed by atoms with van der Waals surface area (Å²) >= 11 is 12.0. The van der Waals surface area contributed by atoms with Gasteiger partial charge in [-0.05, 0) is 24.7 Å². The van der Waals surface area contributed by atoms with Gasteiger partial charge in [-0.2, -0.15) is 0 Å². The van der Waals surface area contributed by atoms with Crippen molar-refractivity contribution in [1.82, 2.24) is 9.80 Å². The molecule has 1 aromatic rings. The van der Waals surface area contributed by atoms with E-state index in [1.807, 2.05) is 4.90 Å². The van der Waals surface area contributed by atoms with Crippen LogP contribution in [0.15, 0.2) is 18.2 Å². The summed E-state index contributed by atoms with van der Waals surface area (Å²) in [6.07, 6.45) is 0. The van der Waals surface area contributed by atoms with E-state index < -0.39 is 0 Å². The number of amides is 1. The van der Waals surface area contributed by atoms with Gasteiger partial charge in [0.2, 0.25) is 5.91 Å². The average molecular weight is 316 g/mol. The molecular formula is C14H19Cl2N3O. The maximum absolute atomic E-state index is 12.1. The molecule has 1 N–H and O–H groups in total. The van der Waals surface area contributed by atoms with E-state index in [0.717, 1.165) is 32.7 Å². The fourth-order valence-electron chi connectivity index (χ4n) is 2.23. The van der Waals surface area contributed by atoms with Gasteiger partial charge in [0.25, 0.3) is 0 Å². The van der Waals surface area contributed by atoms with Crippen LogP contribution in [-0.2, 0) is 4.79 Å². The molecule has 1 aromatic carbocycles. The van der Waals surface area contributed by atoms with Crippen LogP contribution in [-0.4, -0.2) is 55.0 Å². The molecule has 0 saturated carbocycles. The normalized spacial score (nSPS) is 16.2. The number of halogens is 2. The number of carbonyl (C=O) groups is 1. The molecule has 0 spiro atoms. The Bertz CT molecular complexity index is 473. The summed E-state index contributed by atoms with van der Waals surface area (Å²) < 4.78 is 0. The van der Waals surface area contributed by atoms with Crippen molar-refractivity contribution in [3.63, 3.8) is 0 Å². The zero-order valence-corrected chi connectivity index (χ0v) is 13.0. The molecule has 0 bridgehead atoms. The molecule has 1 aliphatic heterocycles. The molecule has 1 amide bonds. The van der Waals surface area contributed by atoms with Crippen LogP contribution in [0.5, 0.6) is 0 Å². The van der Waals surface area contributed by atoms with E-state index in [9.17, 15) is 4.79 Å². The molecule has 0 unspecified atom stereocenters. The Morgan fingerprint density at radius 3 is 2.60 bits per heavy atom. The molecule has 1 saturated heterocycles. The highest BCUT2D eigenvalue weighted by atomic mass is 35.5. The van der Waals surface area contributed by atoms with Crippen LogP contribution in [0, 0.1) is 0 Å². The second-order valence-corrected chi connectivity index (χ2v) is 5.64. The van der Waals surface area contributed by atoms with Gasteiger partial charge >= 0.3 is 0 Å². The maximum atomic E-state index is 12.1. The molecule has 0 aliphatic carbocycles. The lowest BCUT2D eigenvalue weighted by molar-refractivity contribution is -0.131. The largest absolute Gasteiger partial charge is 0.375 e. The number of hydrogen-bond donors (Lipinski definition) is 1. The smallest absolute Gasteiger partial charge is 0.241 e. The summed E-state index contributed by atoms with van der Waals surface area (Å²) in [7, 11) is 0. The summed E-state index contributed by atoms with van der Waals surface area (Å²) in [4.78, 5) is 16.4. The molecule has 110 valence electrons. The van der Waals surface area contributed by atoms with Crippen molar-refractivity contribution in [3.05, 3.63) is 28.2 Å². The van der Waals surface area contributed by atoms with Crippen LogP contribution in [0.1, 0.15) is 6.92 Å². The number of piperazine rings is 1. The first kappa shape index (κ1) is 15.4. The van der Waals surface area contributed by atoms with Crippen molar-refractivity contribution in [3.8, 4) is 0 Å². The van der Waals surface area contributed by atoms with Crippen molar-refractivity contribution in [1.29, 1.82) is 0 Å². The van der Waals surface area contributed by atoms with Gasteiger partial charge in [-0.25, -0.2) is 0 Å². The Kier molecular flexibility index (Phi) is 5.52. The van der Waals surface area contributed by atoms with Gasteiger partial charge in [0, 0.05) is 31.2 Å². The molecule has 1 heterocycles. The molecular weight excluding hydrogens is 297 g/mol. The molecule has 1 aliphatic rings. The number of carbonyl (C=O) groups excluding carboxylic acids is 1. The number of nitrogens with zero attached hydrogens (tertiary/aromatic N) is 2. The van der Waals surface area contributed by atoms with E-state index in [0.29, 0.717) is 15.7 Å². The minimum atomic E-state index is 0.0943. The highest BCUT2D eigenvalue weighted by Gasteiger charge is 2.19. The highest BCUT2D eigenvalue weighted by molar-refractivity contribution is 6.35. The first-order valence-electron chi connectivity index (χ1n) is 6.79. The molecule has 20 heavy (non-hydrogen) atoms. The molecule has 6 heteroatoms. The third-order valence-corrected chi connectivity index (χ3v) is 4.10. The summed E-state index contributed by atoms with van der Waals surface area (Å²) in [5.41, 5.74) is 0.694. The molecule has 0 atom stereocenters. The van der Waals surface area contributed by atoms with Crippen LogP contribution in [0.2, 0.25) is 10.0 Å². The van der Waals surface area contributed by atoms with Crippen LogP contribution in [0.4, 0.5) is 5.69 Å². The second kappa shape index (κ2) is 7.16. The Hall–Kier alpha value is -0.970. The summed E-state index contributed by atoms with van der Waals surface area (Å²) in [5.74, 6) is 0.0943. The Balaban J connectivity index is 1.85. The number of hydrogen-bond acceptors (Lipinski definition) is 3. The van der Waals surface area contributed by atoms with Crippen molar-refractivity contribution in [2.75, 3.05) is 44.6 Å². The van der Waals surface area contributed by atoms with E-state index in [1.165, 1.54) is 0 Å². The van der Waals surface area contributed by atoms with Crippen molar-refractivity contribution in [2.24, 2.45) is 0 Å². The van der Waals surface area contributed by atoms with Crippen LogP contribution in [0.25, 0.3) is 0 Å². The lowest BCUT2D eigenvalue weighted by Gasteiger charge is -2.34. The van der Waals surface area contributed by atoms with Crippen LogP contribution < -0.4 is 5.32 Å². The SMILES string of the molecule is CCN1CCN(C(=O)CNc2cc(Cl)ccc2Cl)CC1. The quantitative estimate of drug-likeness (QED) is 0.927. The van der Waals surface area contributed by atoms with Crippen molar-refractivity contribution in [2.45, 2.75) is 6.92 Å². The Labute approximate surface area is 129 Å². The van der Waals surface area contributed by atoms with Gasteiger partial charge in [-0.15, -0.1) is 0 Å². The molecule has 2 rings (SSSR count). The monoisotopic (exact) mass is 315 g/mol. The van der Waals surface area contributed by atoms with E-state index in [2.05, 4.69) is 17.1 Å². The van der Waals surface area contributed by atoms with Crippen LogP contribution >= 0.6 is 23.2 Å². The molecule has 1 fully saturated rings. The van der Waals surface area contributed by atoms with E-state index in [-0.39, 0.29) is 12.5 Å². The van der Waals surface area contributed by atoms with Crippen molar-refractivity contribution >= 4 is 34.8 Å². The number of rotatable bonds is 4. The second-order valence-electron chi connectivity index (χ2n) is 4.79. The first-order valence-corrected chi connectivity index (χ1v) is 7.55. The molecule has 0 radical (unpaired) electrons. The predicted molar refractivity (Wildman–Crippen MR) is 83.6 cm³/mol. The fourth-order valence-corrected chi connectivity index (χ4v) is 2.59. The topological polar surface area (TPSA) is 35.6 Å². The first-order chi connectivity index (χ1) is 9.60. The summed E-state index contributed by atoms with van der Waals surface area (Å²) in [6, 6.07) is 5.17. The lowest BCUT2D eigenvalue weighted by atomic mass is 10.3. The zero-order chi connectivity index (χ0) is 14.5. The van der Waals surface area contributed by atoms with Crippen LogP contribution in [0.3, 0.4) is 0 Å². The lowest BCUT2D eigenvalue weighted by Crippen LogP contribution is -2.49. The number of anilines is 1. The highest BCUT2D eigenvalue weighted by Crippen LogP contribution is 2.25. The third kappa shape index (κ3) is 4.01. The number of benzene rings is 1. The van der Waals surface area contributed by atoms with E-state index in [4.69, 9.17) is 23.2 Å². The van der Waals surface area contributed by atoms with Gasteiger partial charge < -0.3 is 15.1 Å². The van der Waals surface area contributed by atoms with E-state index >= 15 is 0 Å². The minimum absolute atomic E-state index is 0.0943. The summed E-state index contributed by atoms with van der Waals surface area (Å²) in [5, 5.41) is 4.22. The zero-order valence-electron chi connectivity index (χ0n) is 11.5. The number of nitrogens with one attached hydrogen (secondary N) is 1. The predicted octanol–water partition coefficient (Wildman–Crippen LogP) is 2.57. The fraction of sp³-hybridized carbons (Fsp3) is 0.500. The van der Waals surface area contributed by atoms with Gasteiger partial charge in [-0.3, -0.25) is 4.79 Å². The minimum Gasteiger partial charge on any atom is -0.375 e. The standard InChI is InChI=1S/C14H19Cl2N3O/c1-2-18-5-7-19(8-6-18)14(20)10-17-13-9-11(15)3-4-12(13)16/h3-4,9,17H,2,5-8,10H2,1H3. The van der Waals surface area contributed by atoms with Gasteiger partial charge in [0.15, 0.2) is 0 Å². The van der Waals surface area contributed by atoms with Gasteiger partial charge in [0.05, 0.1) is 17.3 Å². The maximum Gasteiger partial charge on any atom is 0.241 e. The number of likely N-dealkylation sites (N-methyl/N-ethyl adjacent to an activating group) is 1.